The van der Waals surface area contributed by atoms with E-state index in [0.29, 0.717) is 16.8 Å². The average molecular weight is 401 g/mol. The van der Waals surface area contributed by atoms with Gasteiger partial charge in [-0.2, -0.15) is 0 Å². The first-order valence-electron chi connectivity index (χ1n) is 5.78. The van der Waals surface area contributed by atoms with E-state index in [1.165, 1.54) is 12.1 Å². The predicted octanol–water partition coefficient (Wildman–Crippen LogP) is 5.35. The van der Waals surface area contributed by atoms with Crippen molar-refractivity contribution < 1.29 is 9.66 Å². The van der Waals surface area contributed by atoms with Gasteiger partial charge >= 0.3 is 0 Å². The van der Waals surface area contributed by atoms with Gasteiger partial charge in [-0.25, -0.2) is 0 Å². The highest BCUT2D eigenvalue weighted by Gasteiger charge is 2.12. The maximum Gasteiger partial charge on any atom is 0.270 e. The number of benzene rings is 2. The van der Waals surface area contributed by atoms with Gasteiger partial charge < -0.3 is 4.74 Å². The Labute approximate surface area is 133 Å². The number of ether oxygens (including phenoxy) is 1. The van der Waals surface area contributed by atoms with Crippen molar-refractivity contribution in [3.8, 4) is 11.5 Å². The first-order valence-corrected chi connectivity index (χ1v) is 7.70. The molecule has 20 heavy (non-hydrogen) atoms. The molecule has 2 aromatic carbocycles. The Morgan fingerprint density at radius 2 is 1.90 bits per heavy atom. The lowest BCUT2D eigenvalue weighted by Crippen LogP contribution is -1.94. The van der Waals surface area contributed by atoms with Crippen LogP contribution in [0.4, 0.5) is 5.69 Å². The van der Waals surface area contributed by atoms with Crippen molar-refractivity contribution in [1.82, 2.24) is 0 Å². The molecule has 0 saturated heterocycles. The zero-order valence-electron chi connectivity index (χ0n) is 10.6. The molecule has 0 spiro atoms. The van der Waals surface area contributed by atoms with E-state index in [9.17, 15) is 10.1 Å². The lowest BCUT2D eigenvalue weighted by atomic mass is 10.2. The molecule has 0 atom stereocenters. The molecule has 0 aliphatic carbocycles. The molecule has 6 heteroatoms. The fourth-order valence-electron chi connectivity index (χ4n) is 1.69. The van der Waals surface area contributed by atoms with Crippen LogP contribution in [0.1, 0.15) is 11.1 Å². The predicted molar refractivity (Wildman–Crippen MR) is 84.7 cm³/mol. The standard InChI is InChI=1S/C14H11Br2NO3/c1-9-2-4-14(12(16)6-9)20-13-5-3-11(17(18)19)7-10(13)8-15/h2-7H,8H2,1H3. The number of non-ortho nitro benzene ring substituents is 1. The molecule has 0 N–H and O–H groups in total. The number of alkyl halides is 1. The largest absolute Gasteiger partial charge is 0.456 e. The molecule has 0 aromatic heterocycles. The Bertz CT molecular complexity index is 659. The van der Waals surface area contributed by atoms with Crippen molar-refractivity contribution in [2.24, 2.45) is 0 Å². The van der Waals surface area contributed by atoms with E-state index in [1.54, 1.807) is 6.07 Å². The maximum atomic E-state index is 10.8. The number of hydrogen-bond donors (Lipinski definition) is 0. The Balaban J connectivity index is 2.35. The molecule has 0 bridgehead atoms. The normalized spacial score (nSPS) is 10.3. The van der Waals surface area contributed by atoms with Gasteiger partial charge in [-0.05, 0) is 46.6 Å². The Morgan fingerprint density at radius 3 is 2.50 bits per heavy atom. The van der Waals surface area contributed by atoms with Gasteiger partial charge in [0.25, 0.3) is 5.69 Å². The summed E-state index contributed by atoms with van der Waals surface area (Å²) in [6.07, 6.45) is 0. The highest BCUT2D eigenvalue weighted by Crippen LogP contribution is 2.34. The Hall–Kier alpha value is -1.40. The molecule has 0 heterocycles. The van der Waals surface area contributed by atoms with E-state index in [0.717, 1.165) is 15.6 Å². The van der Waals surface area contributed by atoms with Gasteiger partial charge in [0.1, 0.15) is 11.5 Å². The zero-order valence-corrected chi connectivity index (χ0v) is 13.8. The van der Waals surface area contributed by atoms with Crippen molar-refractivity contribution in [2.75, 3.05) is 0 Å². The summed E-state index contributed by atoms with van der Waals surface area (Å²) < 4.78 is 6.67. The third-order valence-electron chi connectivity index (χ3n) is 2.71. The van der Waals surface area contributed by atoms with Crippen LogP contribution < -0.4 is 4.74 Å². The van der Waals surface area contributed by atoms with Crippen LogP contribution in [0.5, 0.6) is 11.5 Å². The van der Waals surface area contributed by atoms with Crippen LogP contribution in [-0.4, -0.2) is 4.92 Å². The topological polar surface area (TPSA) is 52.4 Å². The summed E-state index contributed by atoms with van der Waals surface area (Å²) >= 11 is 6.76. The minimum atomic E-state index is -0.419. The van der Waals surface area contributed by atoms with Crippen LogP contribution in [0.2, 0.25) is 0 Å². The van der Waals surface area contributed by atoms with Gasteiger partial charge in [-0.1, -0.05) is 22.0 Å². The third-order valence-corrected chi connectivity index (χ3v) is 3.93. The molecule has 0 unspecified atom stereocenters. The van der Waals surface area contributed by atoms with E-state index in [4.69, 9.17) is 4.74 Å². The first kappa shape index (κ1) is 15.0. The Morgan fingerprint density at radius 1 is 1.20 bits per heavy atom. The Kier molecular flexibility index (Phi) is 4.77. The molecule has 0 amide bonds. The van der Waals surface area contributed by atoms with Gasteiger partial charge in [-0.15, -0.1) is 0 Å². The number of hydrogen-bond acceptors (Lipinski definition) is 3. The van der Waals surface area contributed by atoms with Crippen LogP contribution >= 0.6 is 31.9 Å². The minimum Gasteiger partial charge on any atom is -0.456 e. The highest BCUT2D eigenvalue weighted by molar-refractivity contribution is 9.10. The number of halogens is 2. The summed E-state index contributed by atoms with van der Waals surface area (Å²) in [6.45, 7) is 1.99. The van der Waals surface area contributed by atoms with Crippen LogP contribution in [0.25, 0.3) is 0 Å². The van der Waals surface area contributed by atoms with Crippen molar-refractivity contribution in [1.29, 1.82) is 0 Å². The molecule has 0 radical (unpaired) electrons. The lowest BCUT2D eigenvalue weighted by molar-refractivity contribution is -0.384. The molecule has 0 fully saturated rings. The van der Waals surface area contributed by atoms with Gasteiger partial charge in [0.2, 0.25) is 0 Å². The maximum absolute atomic E-state index is 10.8. The van der Waals surface area contributed by atoms with Gasteiger partial charge in [0.15, 0.2) is 0 Å². The minimum absolute atomic E-state index is 0.0507. The fourth-order valence-corrected chi connectivity index (χ4v) is 2.70. The van der Waals surface area contributed by atoms with Crippen molar-refractivity contribution in [3.05, 3.63) is 62.1 Å². The third kappa shape index (κ3) is 3.37. The summed E-state index contributed by atoms with van der Waals surface area (Å²) in [5.41, 5.74) is 1.90. The molecule has 0 aliphatic heterocycles. The highest BCUT2D eigenvalue weighted by atomic mass is 79.9. The van der Waals surface area contributed by atoms with E-state index in [1.807, 2.05) is 25.1 Å². The molecule has 0 saturated carbocycles. The smallest absolute Gasteiger partial charge is 0.270 e. The summed E-state index contributed by atoms with van der Waals surface area (Å²) in [5.74, 6) is 1.27. The van der Waals surface area contributed by atoms with E-state index >= 15 is 0 Å². The van der Waals surface area contributed by atoms with E-state index in [2.05, 4.69) is 31.9 Å². The summed E-state index contributed by atoms with van der Waals surface area (Å²) in [6, 6.07) is 10.3. The second-order valence-electron chi connectivity index (χ2n) is 4.22. The second-order valence-corrected chi connectivity index (χ2v) is 5.63. The molecule has 0 aliphatic rings. The number of nitro groups is 1. The monoisotopic (exact) mass is 399 g/mol. The summed E-state index contributed by atoms with van der Waals surface area (Å²) in [4.78, 5) is 10.4. The number of nitro benzene ring substituents is 1. The molecule has 2 rings (SSSR count). The lowest BCUT2D eigenvalue weighted by Gasteiger charge is -2.11. The van der Waals surface area contributed by atoms with Crippen molar-refractivity contribution in [2.45, 2.75) is 12.3 Å². The van der Waals surface area contributed by atoms with E-state index < -0.39 is 4.92 Å². The van der Waals surface area contributed by atoms with Crippen molar-refractivity contribution >= 4 is 37.5 Å². The SMILES string of the molecule is Cc1ccc(Oc2ccc([N+](=O)[O-])cc2CBr)c(Br)c1. The van der Waals surface area contributed by atoms with Crippen LogP contribution in [-0.2, 0) is 5.33 Å². The first-order chi connectivity index (χ1) is 9.51. The van der Waals surface area contributed by atoms with E-state index in [-0.39, 0.29) is 5.69 Å². The van der Waals surface area contributed by atoms with Crippen LogP contribution in [0, 0.1) is 17.0 Å². The van der Waals surface area contributed by atoms with Crippen LogP contribution in [0.3, 0.4) is 0 Å². The molecular weight excluding hydrogens is 390 g/mol. The second kappa shape index (κ2) is 6.37. The molecule has 4 nitrogen and oxygen atoms in total. The van der Waals surface area contributed by atoms with Gasteiger partial charge in [-0.3, -0.25) is 10.1 Å². The average Bonchev–Trinajstić information content (AvgIpc) is 2.42. The number of aryl methyl sites for hydroxylation is 1. The summed E-state index contributed by atoms with van der Waals surface area (Å²) in [5, 5.41) is 11.3. The number of rotatable bonds is 4. The van der Waals surface area contributed by atoms with Gasteiger partial charge in [0, 0.05) is 23.0 Å². The van der Waals surface area contributed by atoms with Crippen LogP contribution in [0.15, 0.2) is 40.9 Å². The van der Waals surface area contributed by atoms with Crippen molar-refractivity contribution in [3.63, 3.8) is 0 Å². The quantitative estimate of drug-likeness (QED) is 0.394. The number of nitrogens with zero attached hydrogens (tertiary/aromatic N) is 1. The zero-order chi connectivity index (χ0) is 14.7. The molecule has 104 valence electrons. The van der Waals surface area contributed by atoms with Gasteiger partial charge in [0.05, 0.1) is 9.40 Å². The molecular formula is C14H11Br2NO3. The molecule has 2 aromatic rings. The fraction of sp³-hybridized carbons (Fsp3) is 0.143. The summed E-state index contributed by atoms with van der Waals surface area (Å²) in [7, 11) is 0.